The molecule has 0 fully saturated rings. The molecule has 0 radical (unpaired) electrons. The predicted octanol–water partition coefficient (Wildman–Crippen LogP) is 2.57. The zero-order valence-electron chi connectivity index (χ0n) is 15.3. The molecular weight excluding hydrogens is 451 g/mol. The Balaban J connectivity index is 0.00000576. The SMILES string of the molecule is CCNC(=NCCCC(C)C)NCCNS(=O)(=O)c1ccccc1.I. The van der Waals surface area contributed by atoms with Gasteiger partial charge >= 0.3 is 0 Å². The first-order valence-electron chi connectivity index (χ1n) is 8.52. The number of benzene rings is 1. The highest BCUT2D eigenvalue weighted by molar-refractivity contribution is 14.0. The number of hydrogen-bond donors (Lipinski definition) is 3. The molecule has 1 rings (SSSR count). The lowest BCUT2D eigenvalue weighted by molar-refractivity contribution is 0.560. The van der Waals surface area contributed by atoms with Crippen LogP contribution < -0.4 is 15.4 Å². The monoisotopic (exact) mass is 482 g/mol. The Kier molecular flexibility index (Phi) is 12.9. The minimum Gasteiger partial charge on any atom is -0.357 e. The van der Waals surface area contributed by atoms with Gasteiger partial charge in [-0.05, 0) is 37.8 Å². The molecule has 1 aromatic rings. The summed E-state index contributed by atoms with van der Waals surface area (Å²) in [5.74, 6) is 1.41. The van der Waals surface area contributed by atoms with E-state index in [1.165, 1.54) is 0 Å². The number of halogens is 1. The van der Waals surface area contributed by atoms with Crippen molar-refractivity contribution in [3.63, 3.8) is 0 Å². The van der Waals surface area contributed by atoms with Gasteiger partial charge in [-0.25, -0.2) is 13.1 Å². The van der Waals surface area contributed by atoms with Gasteiger partial charge in [0.2, 0.25) is 10.0 Å². The van der Waals surface area contributed by atoms with Crippen LogP contribution in [0.4, 0.5) is 0 Å². The molecule has 0 aliphatic carbocycles. The van der Waals surface area contributed by atoms with Crippen LogP contribution >= 0.6 is 24.0 Å². The molecule has 0 heterocycles. The van der Waals surface area contributed by atoms with Crippen LogP contribution in [0.25, 0.3) is 0 Å². The fourth-order valence-electron chi connectivity index (χ4n) is 2.08. The molecule has 25 heavy (non-hydrogen) atoms. The van der Waals surface area contributed by atoms with E-state index >= 15 is 0 Å². The fourth-order valence-corrected chi connectivity index (χ4v) is 3.13. The van der Waals surface area contributed by atoms with E-state index < -0.39 is 10.0 Å². The highest BCUT2D eigenvalue weighted by atomic mass is 127. The van der Waals surface area contributed by atoms with Crippen molar-refractivity contribution in [1.82, 2.24) is 15.4 Å². The third kappa shape index (κ3) is 10.7. The fraction of sp³-hybridized carbons (Fsp3) is 0.588. The van der Waals surface area contributed by atoms with Crippen LogP contribution in [0, 0.1) is 5.92 Å². The topological polar surface area (TPSA) is 82.6 Å². The number of aliphatic imine (C=N–C) groups is 1. The second kappa shape index (κ2) is 13.3. The molecule has 3 N–H and O–H groups in total. The van der Waals surface area contributed by atoms with Crippen molar-refractivity contribution in [3.05, 3.63) is 30.3 Å². The molecule has 8 heteroatoms. The standard InChI is InChI=1S/C17H30N4O2S.HI/c1-4-18-17(19-12-8-9-15(2)3)20-13-14-21-24(22,23)16-10-6-5-7-11-16;/h5-7,10-11,15,21H,4,8-9,12-14H2,1-3H3,(H2,18,19,20);1H. The van der Waals surface area contributed by atoms with Crippen molar-refractivity contribution in [2.75, 3.05) is 26.2 Å². The first-order valence-corrected chi connectivity index (χ1v) is 10.0. The number of nitrogens with one attached hydrogen (secondary N) is 3. The van der Waals surface area contributed by atoms with Crippen LogP contribution in [0.5, 0.6) is 0 Å². The van der Waals surface area contributed by atoms with Gasteiger partial charge in [0, 0.05) is 26.2 Å². The maximum absolute atomic E-state index is 12.1. The summed E-state index contributed by atoms with van der Waals surface area (Å²) >= 11 is 0. The Morgan fingerprint density at radius 3 is 2.40 bits per heavy atom. The Bertz CT molecular complexity index is 592. The Morgan fingerprint density at radius 2 is 1.80 bits per heavy atom. The second-order valence-electron chi connectivity index (χ2n) is 5.93. The molecule has 144 valence electrons. The molecule has 0 amide bonds. The van der Waals surface area contributed by atoms with Gasteiger partial charge in [-0.1, -0.05) is 32.0 Å². The lowest BCUT2D eigenvalue weighted by Gasteiger charge is -2.12. The van der Waals surface area contributed by atoms with E-state index in [0.29, 0.717) is 19.0 Å². The van der Waals surface area contributed by atoms with Crippen LogP contribution in [0.1, 0.15) is 33.6 Å². The summed E-state index contributed by atoms with van der Waals surface area (Å²) in [6, 6.07) is 8.37. The van der Waals surface area contributed by atoms with Crippen LogP contribution in [0.2, 0.25) is 0 Å². The third-order valence-corrected chi connectivity index (χ3v) is 4.79. The Hall–Kier alpha value is -0.870. The third-order valence-electron chi connectivity index (χ3n) is 3.32. The highest BCUT2D eigenvalue weighted by Gasteiger charge is 2.11. The van der Waals surface area contributed by atoms with Gasteiger partial charge in [-0.3, -0.25) is 4.99 Å². The largest absolute Gasteiger partial charge is 0.357 e. The van der Waals surface area contributed by atoms with Gasteiger partial charge in [0.1, 0.15) is 0 Å². The summed E-state index contributed by atoms with van der Waals surface area (Å²) in [7, 11) is -3.45. The Morgan fingerprint density at radius 1 is 1.12 bits per heavy atom. The van der Waals surface area contributed by atoms with Gasteiger partial charge in [-0.2, -0.15) is 0 Å². The molecule has 0 spiro atoms. The number of sulfonamides is 1. The Labute approximate surface area is 169 Å². The molecule has 0 saturated carbocycles. The average molecular weight is 482 g/mol. The second-order valence-corrected chi connectivity index (χ2v) is 7.70. The average Bonchev–Trinajstić information content (AvgIpc) is 2.56. The van der Waals surface area contributed by atoms with Crippen molar-refractivity contribution in [2.45, 2.75) is 38.5 Å². The normalized spacial score (nSPS) is 11.9. The van der Waals surface area contributed by atoms with Gasteiger partial charge in [0.15, 0.2) is 5.96 Å². The smallest absolute Gasteiger partial charge is 0.240 e. The molecular formula is C17H31IN4O2S. The molecule has 0 atom stereocenters. The van der Waals surface area contributed by atoms with Crippen LogP contribution in [0.3, 0.4) is 0 Å². The maximum Gasteiger partial charge on any atom is 0.240 e. The van der Waals surface area contributed by atoms with Gasteiger partial charge in [-0.15, -0.1) is 24.0 Å². The van der Waals surface area contributed by atoms with Crippen molar-refractivity contribution in [3.8, 4) is 0 Å². The van der Waals surface area contributed by atoms with Crippen molar-refractivity contribution in [2.24, 2.45) is 10.9 Å². The number of nitrogens with zero attached hydrogens (tertiary/aromatic N) is 1. The van der Waals surface area contributed by atoms with E-state index in [2.05, 4.69) is 34.2 Å². The van der Waals surface area contributed by atoms with Gasteiger partial charge in [0.05, 0.1) is 4.90 Å². The zero-order valence-corrected chi connectivity index (χ0v) is 18.4. The van der Waals surface area contributed by atoms with E-state index in [4.69, 9.17) is 0 Å². The number of hydrogen-bond acceptors (Lipinski definition) is 3. The lowest BCUT2D eigenvalue weighted by atomic mass is 10.1. The zero-order chi connectivity index (χ0) is 17.8. The molecule has 1 aromatic carbocycles. The quantitative estimate of drug-likeness (QED) is 0.207. The van der Waals surface area contributed by atoms with Crippen LogP contribution in [0.15, 0.2) is 40.2 Å². The molecule has 0 aliphatic heterocycles. The molecule has 0 aliphatic rings. The summed E-state index contributed by atoms with van der Waals surface area (Å²) in [6.45, 7) is 8.71. The van der Waals surface area contributed by atoms with Crippen molar-refractivity contribution < 1.29 is 8.42 Å². The summed E-state index contributed by atoms with van der Waals surface area (Å²) < 4.78 is 26.8. The van der Waals surface area contributed by atoms with E-state index in [1.54, 1.807) is 30.3 Å². The molecule has 6 nitrogen and oxygen atoms in total. The minimum atomic E-state index is -3.45. The van der Waals surface area contributed by atoms with E-state index in [1.807, 2.05) is 6.92 Å². The van der Waals surface area contributed by atoms with E-state index in [-0.39, 0.29) is 28.9 Å². The van der Waals surface area contributed by atoms with E-state index in [0.717, 1.165) is 31.9 Å². The first-order chi connectivity index (χ1) is 11.5. The summed E-state index contributed by atoms with van der Waals surface area (Å²) in [5.41, 5.74) is 0. The summed E-state index contributed by atoms with van der Waals surface area (Å²) in [4.78, 5) is 4.77. The van der Waals surface area contributed by atoms with Crippen molar-refractivity contribution in [1.29, 1.82) is 0 Å². The maximum atomic E-state index is 12.1. The van der Waals surface area contributed by atoms with Crippen LogP contribution in [-0.2, 0) is 10.0 Å². The molecule has 0 aromatic heterocycles. The van der Waals surface area contributed by atoms with Crippen molar-refractivity contribution >= 4 is 40.0 Å². The number of rotatable bonds is 10. The number of guanidine groups is 1. The van der Waals surface area contributed by atoms with E-state index in [9.17, 15) is 8.42 Å². The van der Waals surface area contributed by atoms with Crippen LogP contribution in [-0.4, -0.2) is 40.6 Å². The minimum absolute atomic E-state index is 0. The van der Waals surface area contributed by atoms with Gasteiger partial charge < -0.3 is 10.6 Å². The van der Waals surface area contributed by atoms with Gasteiger partial charge in [0.25, 0.3) is 0 Å². The first kappa shape index (κ1) is 24.1. The lowest BCUT2D eigenvalue weighted by Crippen LogP contribution is -2.41. The molecule has 0 unspecified atom stereocenters. The highest BCUT2D eigenvalue weighted by Crippen LogP contribution is 2.06. The summed E-state index contributed by atoms with van der Waals surface area (Å²) in [6.07, 6.45) is 2.20. The predicted molar refractivity (Wildman–Crippen MR) is 115 cm³/mol. The molecule has 0 saturated heterocycles. The summed E-state index contributed by atoms with van der Waals surface area (Å²) in [5, 5.41) is 6.31. The molecule has 0 bridgehead atoms.